The Morgan fingerprint density at radius 1 is 0.846 bits per heavy atom. The second-order valence-corrected chi connectivity index (χ2v) is 11.3. The fourth-order valence-corrected chi connectivity index (χ4v) is 5.77. The summed E-state index contributed by atoms with van der Waals surface area (Å²) >= 11 is 12.4. The van der Waals surface area contributed by atoms with Gasteiger partial charge in [0.05, 0.1) is 16.2 Å². The highest BCUT2D eigenvalue weighted by molar-refractivity contribution is 6.36. The molecular formula is C31H36Cl2N6. The van der Waals surface area contributed by atoms with E-state index in [1.54, 1.807) is 6.07 Å². The van der Waals surface area contributed by atoms with Gasteiger partial charge in [0.2, 0.25) is 5.95 Å². The summed E-state index contributed by atoms with van der Waals surface area (Å²) in [4.78, 5) is 11.7. The molecule has 0 atom stereocenters. The molecule has 4 aromatic rings. The summed E-state index contributed by atoms with van der Waals surface area (Å²) in [6, 6.07) is 23.3. The topological polar surface area (TPSA) is 65.1 Å². The van der Waals surface area contributed by atoms with Crippen LogP contribution in [0.4, 0.5) is 17.5 Å². The standard InChI is InChI=1S/C31H36Cl2N6/c1-39(2)30-26-9-5-6-10-28(26)37-31(38-30)36-25-14-12-24(13-15-25)34-18-17-21-7-3-4-8-22(21)20-35-29-16-11-23(32)19-27(29)33/h3-11,16,19,24-25,34-35H,12-15,17-18,20H2,1-2H3,(H,36,37,38)/t24-,25+. The number of hydrogen-bond acceptors (Lipinski definition) is 6. The first-order valence-corrected chi connectivity index (χ1v) is 14.4. The average molecular weight is 564 g/mol. The van der Waals surface area contributed by atoms with Gasteiger partial charge in [0.25, 0.3) is 0 Å². The number of hydrogen-bond donors (Lipinski definition) is 3. The normalized spacial score (nSPS) is 17.2. The van der Waals surface area contributed by atoms with Gasteiger partial charge < -0.3 is 20.9 Å². The van der Waals surface area contributed by atoms with E-state index >= 15 is 0 Å². The van der Waals surface area contributed by atoms with E-state index in [2.05, 4.69) is 57.2 Å². The molecule has 0 unspecified atom stereocenters. The number of nitrogens with zero attached hydrogens (tertiary/aromatic N) is 3. The summed E-state index contributed by atoms with van der Waals surface area (Å²) in [7, 11) is 4.05. The Morgan fingerprint density at radius 2 is 1.56 bits per heavy atom. The molecule has 1 fully saturated rings. The molecule has 39 heavy (non-hydrogen) atoms. The Kier molecular flexibility index (Phi) is 9.07. The number of fused-ring (bicyclic) bond motifs is 1. The van der Waals surface area contributed by atoms with Gasteiger partial charge >= 0.3 is 0 Å². The summed E-state index contributed by atoms with van der Waals surface area (Å²) in [6.07, 6.45) is 5.48. The number of benzene rings is 3. The minimum Gasteiger partial charge on any atom is -0.380 e. The number of aromatic nitrogens is 2. The first kappa shape index (κ1) is 27.5. The van der Waals surface area contributed by atoms with Crippen LogP contribution in [0.5, 0.6) is 0 Å². The van der Waals surface area contributed by atoms with Crippen LogP contribution in [0.2, 0.25) is 10.0 Å². The first-order valence-electron chi connectivity index (χ1n) is 13.7. The minimum atomic E-state index is 0.394. The first-order chi connectivity index (χ1) is 19.0. The molecule has 0 radical (unpaired) electrons. The minimum absolute atomic E-state index is 0.394. The Bertz CT molecular complexity index is 1400. The lowest BCUT2D eigenvalue weighted by molar-refractivity contribution is 0.355. The Morgan fingerprint density at radius 3 is 2.33 bits per heavy atom. The van der Waals surface area contributed by atoms with Crippen molar-refractivity contribution in [2.45, 2.75) is 50.7 Å². The smallest absolute Gasteiger partial charge is 0.225 e. The van der Waals surface area contributed by atoms with Gasteiger partial charge in [-0.15, -0.1) is 0 Å². The molecule has 3 aromatic carbocycles. The molecule has 204 valence electrons. The molecule has 1 aliphatic carbocycles. The zero-order chi connectivity index (χ0) is 27.2. The third kappa shape index (κ3) is 7.13. The van der Waals surface area contributed by atoms with Crippen molar-refractivity contribution in [2.24, 2.45) is 0 Å². The van der Waals surface area contributed by atoms with Crippen LogP contribution in [0, 0.1) is 0 Å². The SMILES string of the molecule is CN(C)c1nc(N[C@H]2CC[C@@H](NCCc3ccccc3CNc3ccc(Cl)cc3Cl)CC2)nc2ccccc12. The molecule has 0 aliphatic heterocycles. The van der Waals surface area contributed by atoms with E-state index < -0.39 is 0 Å². The Balaban J connectivity index is 1.10. The van der Waals surface area contributed by atoms with Crippen LogP contribution in [0.1, 0.15) is 36.8 Å². The quantitative estimate of drug-likeness (QED) is 0.190. The van der Waals surface area contributed by atoms with Crippen LogP contribution in [0.25, 0.3) is 10.9 Å². The van der Waals surface area contributed by atoms with E-state index in [0.717, 1.165) is 73.6 Å². The zero-order valence-electron chi connectivity index (χ0n) is 22.6. The number of rotatable bonds is 10. The predicted octanol–water partition coefficient (Wildman–Crippen LogP) is 7.17. The molecule has 6 nitrogen and oxygen atoms in total. The molecule has 1 aromatic heterocycles. The Labute approximate surface area is 241 Å². The van der Waals surface area contributed by atoms with Crippen molar-refractivity contribution in [1.82, 2.24) is 15.3 Å². The summed E-state index contributed by atoms with van der Waals surface area (Å²) in [5.41, 5.74) is 4.50. The fraction of sp³-hybridized carbons (Fsp3) is 0.355. The maximum atomic E-state index is 6.33. The summed E-state index contributed by atoms with van der Waals surface area (Å²) < 4.78 is 0. The lowest BCUT2D eigenvalue weighted by Crippen LogP contribution is -2.38. The maximum Gasteiger partial charge on any atom is 0.225 e. The largest absolute Gasteiger partial charge is 0.380 e. The highest BCUT2D eigenvalue weighted by Crippen LogP contribution is 2.28. The van der Waals surface area contributed by atoms with Gasteiger partial charge in [0.15, 0.2) is 0 Å². The highest BCUT2D eigenvalue weighted by Gasteiger charge is 2.22. The summed E-state index contributed by atoms with van der Waals surface area (Å²) in [6.45, 7) is 1.68. The van der Waals surface area contributed by atoms with Crippen molar-refractivity contribution in [3.63, 3.8) is 0 Å². The van der Waals surface area contributed by atoms with Gasteiger partial charge in [-0.1, -0.05) is 59.6 Å². The summed E-state index contributed by atoms with van der Waals surface area (Å²) in [5, 5.41) is 13.2. The number of para-hydroxylation sites is 1. The van der Waals surface area contributed by atoms with Crippen molar-refractivity contribution in [3.05, 3.63) is 87.9 Å². The molecule has 1 heterocycles. The molecule has 1 saturated carbocycles. The van der Waals surface area contributed by atoms with E-state index in [1.165, 1.54) is 11.1 Å². The van der Waals surface area contributed by atoms with Crippen LogP contribution in [-0.4, -0.2) is 42.7 Å². The predicted molar refractivity (Wildman–Crippen MR) is 165 cm³/mol. The second-order valence-electron chi connectivity index (χ2n) is 10.4. The van der Waals surface area contributed by atoms with Gasteiger partial charge in [-0.2, -0.15) is 4.98 Å². The van der Waals surface area contributed by atoms with E-state index in [4.69, 9.17) is 33.2 Å². The molecule has 5 rings (SSSR count). The highest BCUT2D eigenvalue weighted by atomic mass is 35.5. The van der Waals surface area contributed by atoms with E-state index in [0.29, 0.717) is 22.1 Å². The molecule has 1 aliphatic rings. The molecule has 0 amide bonds. The third-order valence-corrected chi connectivity index (χ3v) is 7.96. The van der Waals surface area contributed by atoms with Gasteiger partial charge in [-0.25, -0.2) is 4.98 Å². The number of halogens is 2. The lowest BCUT2D eigenvalue weighted by atomic mass is 9.91. The van der Waals surface area contributed by atoms with Crippen LogP contribution < -0.4 is 20.9 Å². The van der Waals surface area contributed by atoms with Crippen molar-refractivity contribution in [3.8, 4) is 0 Å². The molecule has 3 N–H and O–H groups in total. The fourth-order valence-electron chi connectivity index (χ4n) is 5.30. The van der Waals surface area contributed by atoms with Crippen LogP contribution in [-0.2, 0) is 13.0 Å². The third-order valence-electron chi connectivity index (χ3n) is 7.41. The van der Waals surface area contributed by atoms with Crippen molar-refractivity contribution in [1.29, 1.82) is 0 Å². The van der Waals surface area contributed by atoms with Gasteiger partial charge in [0.1, 0.15) is 5.82 Å². The van der Waals surface area contributed by atoms with E-state index in [9.17, 15) is 0 Å². The average Bonchev–Trinajstić information content (AvgIpc) is 2.93. The molecule has 0 spiro atoms. The monoisotopic (exact) mass is 562 g/mol. The van der Waals surface area contributed by atoms with Crippen LogP contribution in [0.15, 0.2) is 66.7 Å². The molecule has 0 bridgehead atoms. The van der Waals surface area contributed by atoms with Gasteiger partial charge in [-0.05, 0) is 80.1 Å². The summed E-state index contributed by atoms with van der Waals surface area (Å²) in [5.74, 6) is 1.67. The van der Waals surface area contributed by atoms with Crippen LogP contribution >= 0.6 is 23.2 Å². The molecular weight excluding hydrogens is 527 g/mol. The van der Waals surface area contributed by atoms with Crippen molar-refractivity contribution in [2.75, 3.05) is 36.2 Å². The van der Waals surface area contributed by atoms with Gasteiger partial charge in [0, 0.05) is 43.1 Å². The van der Waals surface area contributed by atoms with Gasteiger partial charge in [-0.3, -0.25) is 0 Å². The van der Waals surface area contributed by atoms with Crippen LogP contribution in [0.3, 0.4) is 0 Å². The maximum absolute atomic E-state index is 6.33. The number of nitrogens with one attached hydrogen (secondary N) is 3. The molecule has 8 heteroatoms. The second kappa shape index (κ2) is 12.9. The lowest BCUT2D eigenvalue weighted by Gasteiger charge is -2.30. The Hall–Kier alpha value is -3.06. The van der Waals surface area contributed by atoms with E-state index in [1.807, 2.05) is 38.4 Å². The molecule has 0 saturated heterocycles. The van der Waals surface area contributed by atoms with E-state index in [-0.39, 0.29) is 0 Å². The van der Waals surface area contributed by atoms with Crippen molar-refractivity contribution < 1.29 is 0 Å². The zero-order valence-corrected chi connectivity index (χ0v) is 24.1. The van der Waals surface area contributed by atoms with Crippen molar-refractivity contribution >= 4 is 51.6 Å². The number of anilines is 3.